The summed E-state index contributed by atoms with van der Waals surface area (Å²) in [5.41, 5.74) is 0. The van der Waals surface area contributed by atoms with E-state index in [0.29, 0.717) is 31.6 Å². The van der Waals surface area contributed by atoms with Gasteiger partial charge in [0.25, 0.3) is 0 Å². The second kappa shape index (κ2) is 67.2. The Morgan fingerprint density at radius 3 is 0.639 bits per heavy atom. The van der Waals surface area contributed by atoms with Crippen LogP contribution in [0.1, 0.15) is 396 Å². The van der Waals surface area contributed by atoms with Gasteiger partial charge in [-0.05, 0) is 49.4 Å². The number of phosphoric acid groups is 2. The van der Waals surface area contributed by atoms with E-state index in [2.05, 4.69) is 55.4 Å². The molecule has 0 fully saturated rings. The van der Waals surface area contributed by atoms with Gasteiger partial charge >= 0.3 is 39.5 Å². The standard InChI is InChI=1S/C78H152O17P2/c1-68(2)54-46-38-30-24-18-12-9-10-14-21-27-33-42-50-58-75(80)88-64-73(94-77(82)60-52-44-34-28-22-15-11-13-19-25-31-39-47-55-69(3)4)66-92-96(84,85)90-62-72(79)63-91-97(86,87)93-67-74(65-89-76(81)59-51-43-37-36-41-49-57-71(7)8)95-78(83)61-53-45-35-29-23-17-16-20-26-32-40-48-56-70(5)6/h68-74,79H,9-67H2,1-8H3,(H,84,85)(H,86,87)/t72-,73-,74-/m1/s1. The molecule has 19 heteroatoms. The molecule has 2 unspecified atom stereocenters. The molecule has 0 aromatic rings. The molecule has 0 saturated heterocycles. The summed E-state index contributed by atoms with van der Waals surface area (Å²) in [5.74, 6) is 0.923. The quantitative estimate of drug-likeness (QED) is 0.0222. The van der Waals surface area contributed by atoms with Gasteiger partial charge in [-0.1, -0.05) is 344 Å². The zero-order valence-electron chi connectivity index (χ0n) is 63.7. The van der Waals surface area contributed by atoms with Crippen molar-refractivity contribution in [2.45, 2.75) is 414 Å². The van der Waals surface area contributed by atoms with Crippen LogP contribution in [0.25, 0.3) is 0 Å². The first-order valence-electron chi connectivity index (χ1n) is 40.2. The molecule has 0 saturated carbocycles. The molecule has 0 aliphatic carbocycles. The van der Waals surface area contributed by atoms with Crippen molar-refractivity contribution in [3.63, 3.8) is 0 Å². The predicted octanol–water partition coefficient (Wildman–Crippen LogP) is 22.8. The van der Waals surface area contributed by atoms with Crippen LogP contribution in [-0.2, 0) is 65.4 Å². The Morgan fingerprint density at radius 2 is 0.433 bits per heavy atom. The van der Waals surface area contributed by atoms with Crippen molar-refractivity contribution in [3.8, 4) is 0 Å². The number of aliphatic hydroxyl groups is 1. The van der Waals surface area contributed by atoms with Gasteiger partial charge in [0.15, 0.2) is 12.2 Å². The molecule has 0 heterocycles. The van der Waals surface area contributed by atoms with Crippen LogP contribution in [0.2, 0.25) is 0 Å². The smallest absolute Gasteiger partial charge is 0.462 e. The lowest BCUT2D eigenvalue weighted by Gasteiger charge is -2.21. The van der Waals surface area contributed by atoms with Gasteiger partial charge in [-0.2, -0.15) is 0 Å². The van der Waals surface area contributed by atoms with Crippen molar-refractivity contribution in [1.29, 1.82) is 0 Å². The summed E-state index contributed by atoms with van der Waals surface area (Å²) >= 11 is 0. The number of unbranched alkanes of at least 4 members (excludes halogenated alkanes) is 41. The maximum atomic E-state index is 13.1. The summed E-state index contributed by atoms with van der Waals surface area (Å²) in [6, 6.07) is 0. The highest BCUT2D eigenvalue weighted by Gasteiger charge is 2.30. The summed E-state index contributed by atoms with van der Waals surface area (Å²) in [4.78, 5) is 72.9. The topological polar surface area (TPSA) is 237 Å². The molecule has 0 aliphatic heterocycles. The lowest BCUT2D eigenvalue weighted by atomic mass is 10.0. The number of esters is 4. The number of rotatable bonds is 75. The molecular formula is C78H152O17P2. The van der Waals surface area contributed by atoms with E-state index in [-0.39, 0.29) is 25.7 Å². The molecule has 5 atom stereocenters. The van der Waals surface area contributed by atoms with Crippen molar-refractivity contribution in [1.82, 2.24) is 0 Å². The maximum Gasteiger partial charge on any atom is 0.472 e. The van der Waals surface area contributed by atoms with Crippen LogP contribution in [0, 0.1) is 23.7 Å². The van der Waals surface area contributed by atoms with Crippen molar-refractivity contribution in [2.24, 2.45) is 23.7 Å². The average Bonchev–Trinajstić information content (AvgIpc) is 1.07. The third-order valence-electron chi connectivity index (χ3n) is 18.1. The van der Waals surface area contributed by atoms with Gasteiger partial charge in [-0.3, -0.25) is 37.3 Å². The van der Waals surface area contributed by atoms with Crippen LogP contribution < -0.4 is 0 Å². The van der Waals surface area contributed by atoms with Crippen molar-refractivity contribution in [2.75, 3.05) is 39.6 Å². The Hall–Kier alpha value is -1.94. The number of phosphoric ester groups is 2. The highest BCUT2D eigenvalue weighted by Crippen LogP contribution is 2.45. The molecule has 17 nitrogen and oxygen atoms in total. The van der Waals surface area contributed by atoms with Gasteiger partial charge in [0.2, 0.25) is 0 Å². The van der Waals surface area contributed by atoms with Crippen LogP contribution >= 0.6 is 15.6 Å². The third kappa shape index (κ3) is 72.2. The van der Waals surface area contributed by atoms with Gasteiger partial charge in [-0.25, -0.2) is 9.13 Å². The molecule has 0 radical (unpaired) electrons. The number of aliphatic hydroxyl groups excluding tert-OH is 1. The maximum absolute atomic E-state index is 13.1. The zero-order valence-corrected chi connectivity index (χ0v) is 65.5. The van der Waals surface area contributed by atoms with E-state index in [1.54, 1.807) is 0 Å². The Labute approximate surface area is 594 Å². The Morgan fingerprint density at radius 1 is 0.258 bits per heavy atom. The first kappa shape index (κ1) is 95.1. The van der Waals surface area contributed by atoms with Gasteiger partial charge in [0.05, 0.1) is 26.4 Å². The molecule has 0 aromatic heterocycles. The predicted molar refractivity (Wildman–Crippen MR) is 395 cm³/mol. The van der Waals surface area contributed by atoms with E-state index in [0.717, 1.165) is 114 Å². The normalized spacial score (nSPS) is 14.1. The number of carbonyl (C=O) groups excluding carboxylic acids is 4. The molecule has 0 spiro atoms. The Balaban J connectivity index is 5.24. The first-order valence-corrected chi connectivity index (χ1v) is 43.2. The van der Waals surface area contributed by atoms with Crippen LogP contribution in [0.3, 0.4) is 0 Å². The van der Waals surface area contributed by atoms with Gasteiger partial charge in [-0.15, -0.1) is 0 Å². The summed E-state index contributed by atoms with van der Waals surface area (Å²) in [5, 5.41) is 10.6. The van der Waals surface area contributed by atoms with E-state index >= 15 is 0 Å². The highest BCUT2D eigenvalue weighted by atomic mass is 31.2. The minimum Gasteiger partial charge on any atom is -0.462 e. The van der Waals surface area contributed by atoms with Crippen LogP contribution in [0.5, 0.6) is 0 Å². The molecule has 0 bridgehead atoms. The molecule has 0 aromatic carbocycles. The largest absolute Gasteiger partial charge is 0.472 e. The van der Waals surface area contributed by atoms with Crippen molar-refractivity contribution >= 4 is 39.5 Å². The van der Waals surface area contributed by atoms with Crippen molar-refractivity contribution < 1.29 is 80.2 Å². The molecule has 0 aliphatic rings. The number of hydrogen-bond donors (Lipinski definition) is 3. The van der Waals surface area contributed by atoms with Gasteiger partial charge in [0, 0.05) is 25.7 Å². The van der Waals surface area contributed by atoms with Crippen molar-refractivity contribution in [3.05, 3.63) is 0 Å². The van der Waals surface area contributed by atoms with E-state index in [9.17, 15) is 43.2 Å². The van der Waals surface area contributed by atoms with E-state index in [1.165, 1.54) is 193 Å². The fourth-order valence-electron chi connectivity index (χ4n) is 11.9. The third-order valence-corrected chi connectivity index (χ3v) is 20.0. The molecule has 97 heavy (non-hydrogen) atoms. The fraction of sp³-hybridized carbons (Fsp3) is 0.949. The minimum atomic E-state index is -4.96. The zero-order chi connectivity index (χ0) is 71.7. The monoisotopic (exact) mass is 1420 g/mol. The number of carbonyl (C=O) groups is 4. The SMILES string of the molecule is CC(C)CCCCCCCCCCCCCCCCC(=O)OC[C@H](COP(=O)(O)OC[C@@H](O)COP(=O)(O)OC[C@@H](COC(=O)CCCCCCCCC(C)C)OC(=O)CCCCCCCCCCCCCCC(C)C)OC(=O)CCCCCCCCCCCCCCCC(C)C. The average molecular weight is 1420 g/mol. The summed E-state index contributed by atoms with van der Waals surface area (Å²) in [6.07, 6.45) is 52.8. The van der Waals surface area contributed by atoms with E-state index in [1.807, 2.05) is 0 Å². The van der Waals surface area contributed by atoms with Gasteiger partial charge < -0.3 is 33.8 Å². The lowest BCUT2D eigenvalue weighted by Crippen LogP contribution is -2.30. The first-order chi connectivity index (χ1) is 46.6. The van der Waals surface area contributed by atoms with Crippen LogP contribution in [0.4, 0.5) is 0 Å². The highest BCUT2D eigenvalue weighted by molar-refractivity contribution is 7.47. The fourth-order valence-corrected chi connectivity index (χ4v) is 13.5. The summed E-state index contributed by atoms with van der Waals surface area (Å²) in [7, 11) is -9.92. The Kier molecular flexibility index (Phi) is 65.9. The number of hydrogen-bond acceptors (Lipinski definition) is 15. The van der Waals surface area contributed by atoms with E-state index in [4.69, 9.17) is 37.0 Å². The second-order valence-corrected chi connectivity index (χ2v) is 32.9. The molecule has 0 amide bonds. The Bertz CT molecular complexity index is 1900. The van der Waals surface area contributed by atoms with E-state index < -0.39 is 97.5 Å². The second-order valence-electron chi connectivity index (χ2n) is 30.0. The summed E-state index contributed by atoms with van der Waals surface area (Å²) in [6.45, 7) is 14.2. The van der Waals surface area contributed by atoms with Gasteiger partial charge in [0.1, 0.15) is 19.3 Å². The molecular weight excluding hydrogens is 1270 g/mol. The summed E-state index contributed by atoms with van der Waals surface area (Å²) < 4.78 is 68.6. The molecule has 3 N–H and O–H groups in total. The molecule has 576 valence electrons. The lowest BCUT2D eigenvalue weighted by molar-refractivity contribution is -0.161. The minimum absolute atomic E-state index is 0.105. The number of ether oxygens (including phenoxy) is 4. The van der Waals surface area contributed by atoms with Crippen LogP contribution in [0.15, 0.2) is 0 Å². The van der Waals surface area contributed by atoms with Crippen LogP contribution in [-0.4, -0.2) is 96.7 Å². The molecule has 0 rings (SSSR count).